The van der Waals surface area contributed by atoms with Crippen molar-refractivity contribution >= 4 is 11.9 Å². The highest BCUT2D eigenvalue weighted by Crippen LogP contribution is 2.60. The van der Waals surface area contributed by atoms with Gasteiger partial charge in [-0.15, -0.1) is 0 Å². The molecule has 128 valence electrons. The molecule has 23 heavy (non-hydrogen) atoms. The predicted octanol–water partition coefficient (Wildman–Crippen LogP) is 2.07. The Labute approximate surface area is 137 Å². The molecular weight excluding hydrogens is 292 g/mol. The van der Waals surface area contributed by atoms with Crippen molar-refractivity contribution in [2.75, 3.05) is 19.8 Å². The van der Waals surface area contributed by atoms with Crippen molar-refractivity contribution in [3.8, 4) is 0 Å². The van der Waals surface area contributed by atoms with Crippen LogP contribution in [0.2, 0.25) is 0 Å². The second-order valence-electron chi connectivity index (χ2n) is 8.62. The lowest BCUT2D eigenvalue weighted by Gasteiger charge is -2.55. The summed E-state index contributed by atoms with van der Waals surface area (Å²) in [6, 6.07) is 0. The van der Waals surface area contributed by atoms with E-state index in [0.29, 0.717) is 13.2 Å². The molecule has 5 nitrogen and oxygen atoms in total. The molecule has 1 aliphatic heterocycles. The highest BCUT2D eigenvalue weighted by Gasteiger charge is 2.54. The number of hydrogen-bond acceptors (Lipinski definition) is 3. The number of rotatable bonds is 4. The Bertz CT molecular complexity index is 469. The molecule has 0 spiro atoms. The van der Waals surface area contributed by atoms with E-state index in [1.54, 1.807) is 0 Å². The highest BCUT2D eigenvalue weighted by atomic mass is 16.4. The smallest absolute Gasteiger partial charge is 0.307 e. The largest absolute Gasteiger partial charge is 0.481 e. The van der Waals surface area contributed by atoms with Gasteiger partial charge in [0.15, 0.2) is 0 Å². The second kappa shape index (κ2) is 5.76. The van der Waals surface area contributed by atoms with Gasteiger partial charge in [0.05, 0.1) is 18.0 Å². The molecular formula is C18H28N2O3. The predicted molar refractivity (Wildman–Crippen MR) is 85.5 cm³/mol. The van der Waals surface area contributed by atoms with Crippen LogP contribution in [0.5, 0.6) is 0 Å². The summed E-state index contributed by atoms with van der Waals surface area (Å²) in [5, 5.41) is 12.3. The van der Waals surface area contributed by atoms with E-state index in [4.69, 9.17) is 0 Å². The standard InChI is InChI=1S/C18H28N2O3/c21-16(22)15-2-1-3-20(10-15)11-19-17(23)18-7-12-4-13(8-18)6-14(5-12)9-18/h12-15H,1-11H2,(H,19,23)(H,21,22). The van der Waals surface area contributed by atoms with Crippen LogP contribution in [0.25, 0.3) is 0 Å². The first-order valence-electron chi connectivity index (χ1n) is 9.27. The number of piperidine rings is 1. The Morgan fingerprint density at radius 3 is 2.26 bits per heavy atom. The first-order valence-corrected chi connectivity index (χ1v) is 9.27. The fourth-order valence-electron chi connectivity index (χ4n) is 6.16. The number of likely N-dealkylation sites (tertiary alicyclic amines) is 1. The summed E-state index contributed by atoms with van der Waals surface area (Å²) in [4.78, 5) is 26.2. The van der Waals surface area contributed by atoms with Gasteiger partial charge in [0.25, 0.3) is 0 Å². The minimum Gasteiger partial charge on any atom is -0.481 e. The topological polar surface area (TPSA) is 69.6 Å². The number of carboxylic acid groups (broad SMARTS) is 1. The summed E-state index contributed by atoms with van der Waals surface area (Å²) in [6.07, 6.45) is 8.96. The van der Waals surface area contributed by atoms with Crippen molar-refractivity contribution in [3.05, 3.63) is 0 Å². The Hall–Kier alpha value is -1.10. The highest BCUT2D eigenvalue weighted by molar-refractivity contribution is 5.83. The average Bonchev–Trinajstić information content (AvgIpc) is 2.51. The lowest BCUT2D eigenvalue weighted by molar-refractivity contribution is -0.147. The molecule has 1 atom stereocenters. The summed E-state index contributed by atoms with van der Waals surface area (Å²) >= 11 is 0. The van der Waals surface area contributed by atoms with Crippen LogP contribution in [-0.2, 0) is 9.59 Å². The summed E-state index contributed by atoms with van der Waals surface area (Å²) in [6.45, 7) is 1.98. The first kappa shape index (κ1) is 15.4. The fraction of sp³-hybridized carbons (Fsp3) is 0.889. The Kier molecular flexibility index (Phi) is 3.87. The zero-order valence-electron chi connectivity index (χ0n) is 13.8. The number of nitrogens with zero attached hydrogens (tertiary/aromatic N) is 1. The molecule has 0 aromatic heterocycles. The van der Waals surface area contributed by atoms with Gasteiger partial charge in [-0.25, -0.2) is 0 Å². The van der Waals surface area contributed by atoms with Gasteiger partial charge < -0.3 is 10.4 Å². The molecule has 2 N–H and O–H groups in total. The minimum atomic E-state index is -0.706. The number of carboxylic acids is 1. The molecule has 5 heteroatoms. The number of nitrogens with one attached hydrogen (secondary N) is 1. The molecule has 4 aliphatic carbocycles. The van der Waals surface area contributed by atoms with E-state index in [2.05, 4.69) is 10.2 Å². The van der Waals surface area contributed by atoms with E-state index >= 15 is 0 Å². The van der Waals surface area contributed by atoms with Crippen molar-refractivity contribution in [3.63, 3.8) is 0 Å². The van der Waals surface area contributed by atoms with Gasteiger partial charge in [-0.05, 0) is 75.7 Å². The minimum absolute atomic E-state index is 0.100. The van der Waals surface area contributed by atoms with E-state index in [1.807, 2.05) is 0 Å². The zero-order chi connectivity index (χ0) is 16.0. The van der Waals surface area contributed by atoms with Gasteiger partial charge in [-0.3, -0.25) is 14.5 Å². The maximum Gasteiger partial charge on any atom is 0.307 e. The third kappa shape index (κ3) is 2.88. The second-order valence-corrected chi connectivity index (χ2v) is 8.62. The number of hydrogen-bond donors (Lipinski definition) is 2. The van der Waals surface area contributed by atoms with Gasteiger partial charge in [-0.1, -0.05) is 0 Å². The van der Waals surface area contributed by atoms with E-state index in [0.717, 1.165) is 56.4 Å². The molecule has 1 saturated heterocycles. The summed E-state index contributed by atoms with van der Waals surface area (Å²) in [5.74, 6) is 1.59. The van der Waals surface area contributed by atoms with Gasteiger partial charge in [-0.2, -0.15) is 0 Å². The molecule has 1 unspecified atom stereocenters. The van der Waals surface area contributed by atoms with Gasteiger partial charge >= 0.3 is 5.97 Å². The molecule has 1 amide bonds. The fourth-order valence-corrected chi connectivity index (χ4v) is 6.16. The van der Waals surface area contributed by atoms with Crippen LogP contribution in [0, 0.1) is 29.1 Å². The molecule has 1 heterocycles. The van der Waals surface area contributed by atoms with E-state index in [-0.39, 0.29) is 17.2 Å². The van der Waals surface area contributed by atoms with Crippen LogP contribution in [0.1, 0.15) is 51.4 Å². The zero-order valence-corrected chi connectivity index (χ0v) is 13.8. The van der Waals surface area contributed by atoms with E-state index < -0.39 is 5.97 Å². The molecule has 0 aromatic carbocycles. The van der Waals surface area contributed by atoms with Crippen molar-refractivity contribution in [1.82, 2.24) is 10.2 Å². The van der Waals surface area contributed by atoms with Crippen LogP contribution in [0.15, 0.2) is 0 Å². The molecule has 4 saturated carbocycles. The van der Waals surface area contributed by atoms with Crippen molar-refractivity contribution in [1.29, 1.82) is 0 Å². The van der Waals surface area contributed by atoms with Crippen LogP contribution in [0.3, 0.4) is 0 Å². The van der Waals surface area contributed by atoms with Crippen molar-refractivity contribution < 1.29 is 14.7 Å². The Balaban J connectivity index is 1.34. The summed E-state index contributed by atoms with van der Waals surface area (Å²) in [5.41, 5.74) is -0.100. The molecule has 5 fully saturated rings. The van der Waals surface area contributed by atoms with Crippen molar-refractivity contribution in [2.24, 2.45) is 29.1 Å². The summed E-state index contributed by atoms with van der Waals surface area (Å²) < 4.78 is 0. The van der Waals surface area contributed by atoms with Gasteiger partial charge in [0, 0.05) is 6.54 Å². The SMILES string of the molecule is O=C(O)C1CCCN(CNC(=O)C23CC4CC(CC(C4)C2)C3)C1. The maximum atomic E-state index is 12.9. The molecule has 4 bridgehead atoms. The molecule has 0 aromatic rings. The van der Waals surface area contributed by atoms with Crippen LogP contribution in [0.4, 0.5) is 0 Å². The van der Waals surface area contributed by atoms with Crippen LogP contribution < -0.4 is 5.32 Å². The Morgan fingerprint density at radius 2 is 1.70 bits per heavy atom. The third-order valence-corrected chi connectivity index (χ3v) is 6.84. The number of carbonyl (C=O) groups excluding carboxylic acids is 1. The van der Waals surface area contributed by atoms with Crippen molar-refractivity contribution in [2.45, 2.75) is 51.4 Å². The lowest BCUT2D eigenvalue weighted by Crippen LogP contribution is -2.55. The number of aliphatic carboxylic acids is 1. The molecule has 0 radical (unpaired) electrons. The van der Waals surface area contributed by atoms with Gasteiger partial charge in [0.1, 0.15) is 0 Å². The summed E-state index contributed by atoms with van der Waals surface area (Å²) in [7, 11) is 0. The Morgan fingerprint density at radius 1 is 1.09 bits per heavy atom. The average molecular weight is 320 g/mol. The van der Waals surface area contributed by atoms with Gasteiger partial charge in [0.2, 0.25) is 5.91 Å². The van der Waals surface area contributed by atoms with Crippen LogP contribution >= 0.6 is 0 Å². The van der Waals surface area contributed by atoms with Crippen LogP contribution in [-0.4, -0.2) is 41.6 Å². The molecule has 5 rings (SSSR count). The number of amides is 1. The third-order valence-electron chi connectivity index (χ3n) is 6.84. The van der Waals surface area contributed by atoms with E-state index in [9.17, 15) is 14.7 Å². The molecule has 5 aliphatic rings. The normalized spacial score (nSPS) is 42.6. The number of carbonyl (C=O) groups is 2. The van der Waals surface area contributed by atoms with E-state index in [1.165, 1.54) is 19.3 Å². The monoisotopic (exact) mass is 320 g/mol. The maximum absolute atomic E-state index is 12.9. The first-order chi connectivity index (χ1) is 11.0. The quantitative estimate of drug-likeness (QED) is 0.832. The lowest BCUT2D eigenvalue weighted by atomic mass is 9.49.